The van der Waals surface area contributed by atoms with Gasteiger partial charge in [-0.3, -0.25) is 9.59 Å². The summed E-state index contributed by atoms with van der Waals surface area (Å²) in [5, 5.41) is 17.5. The van der Waals surface area contributed by atoms with Gasteiger partial charge in [-0.2, -0.15) is 10.4 Å². The molecule has 2 aromatic carbocycles. The molecule has 34 heavy (non-hydrogen) atoms. The van der Waals surface area contributed by atoms with Gasteiger partial charge in [-0.15, -0.1) is 0 Å². The monoisotopic (exact) mass is 455 g/mol. The van der Waals surface area contributed by atoms with Crippen LogP contribution in [0.2, 0.25) is 0 Å². The quantitative estimate of drug-likeness (QED) is 0.444. The highest BCUT2D eigenvalue weighted by Crippen LogP contribution is 2.31. The largest absolute Gasteiger partial charge is 0.497 e. The molecule has 4 rings (SSSR count). The van der Waals surface area contributed by atoms with Gasteiger partial charge in [0.2, 0.25) is 5.91 Å². The zero-order valence-electron chi connectivity index (χ0n) is 19.3. The maximum absolute atomic E-state index is 12.8. The molecule has 0 fully saturated rings. The first-order valence-electron chi connectivity index (χ1n) is 10.9. The number of fused-ring (bicyclic) bond motifs is 1. The van der Waals surface area contributed by atoms with Crippen LogP contribution >= 0.6 is 0 Å². The Labute approximate surface area is 196 Å². The Bertz CT molecular complexity index is 1440. The number of aryl methyl sites for hydroxylation is 1. The third-order valence-electron chi connectivity index (χ3n) is 6.06. The molecule has 0 aliphatic carbocycles. The molecule has 0 saturated heterocycles. The lowest BCUT2D eigenvalue weighted by molar-refractivity contribution is -0.121. The van der Waals surface area contributed by atoms with Crippen LogP contribution in [0.1, 0.15) is 33.9 Å². The van der Waals surface area contributed by atoms with Gasteiger partial charge >= 0.3 is 0 Å². The zero-order valence-corrected chi connectivity index (χ0v) is 19.3. The fourth-order valence-electron chi connectivity index (χ4n) is 4.04. The highest BCUT2D eigenvalue weighted by molar-refractivity contribution is 5.84. The minimum Gasteiger partial charge on any atom is -0.497 e. The molecule has 1 amide bonds. The van der Waals surface area contributed by atoms with Crippen LogP contribution in [0.25, 0.3) is 10.9 Å². The Balaban J connectivity index is 1.60. The smallest absolute Gasteiger partial charge is 0.285 e. The number of carbonyl (C=O) groups is 1. The van der Waals surface area contributed by atoms with Gasteiger partial charge in [0.25, 0.3) is 5.56 Å². The van der Waals surface area contributed by atoms with Gasteiger partial charge in [0.05, 0.1) is 12.8 Å². The predicted molar refractivity (Wildman–Crippen MR) is 129 cm³/mol. The number of para-hydroxylation sites is 1. The molecule has 0 unspecified atom stereocenters. The van der Waals surface area contributed by atoms with Crippen LogP contribution in [0.4, 0.5) is 0 Å². The van der Waals surface area contributed by atoms with Crippen LogP contribution in [0, 0.1) is 25.2 Å². The SMILES string of the molecule is COc1ccc([C@@H](CNC(=O)Cn2nc(C)c(C)c(C#N)c2=O)c2c[nH]c3ccccc23)cc1. The van der Waals surface area contributed by atoms with Crippen molar-refractivity contribution in [2.75, 3.05) is 13.7 Å². The summed E-state index contributed by atoms with van der Waals surface area (Å²) in [5.41, 5.74) is 3.59. The summed E-state index contributed by atoms with van der Waals surface area (Å²) in [5.74, 6) is 0.254. The molecule has 0 aliphatic heterocycles. The van der Waals surface area contributed by atoms with E-state index in [1.165, 1.54) is 0 Å². The number of ether oxygens (including phenoxy) is 1. The molecule has 8 nitrogen and oxygen atoms in total. The Morgan fingerprint density at radius 1 is 1.21 bits per heavy atom. The Hall–Kier alpha value is -4.38. The average Bonchev–Trinajstić information content (AvgIpc) is 3.27. The second-order valence-electron chi connectivity index (χ2n) is 8.08. The molecular weight excluding hydrogens is 430 g/mol. The van der Waals surface area contributed by atoms with Crippen molar-refractivity contribution in [3.8, 4) is 11.8 Å². The average molecular weight is 456 g/mol. The second-order valence-corrected chi connectivity index (χ2v) is 8.08. The maximum atomic E-state index is 12.8. The molecule has 0 radical (unpaired) electrons. The van der Waals surface area contributed by atoms with E-state index in [0.29, 0.717) is 17.8 Å². The van der Waals surface area contributed by atoms with Crippen molar-refractivity contribution in [1.82, 2.24) is 20.1 Å². The number of amides is 1. The predicted octanol–water partition coefficient (Wildman–Crippen LogP) is 3.17. The molecule has 2 N–H and O–H groups in total. The number of H-pyrrole nitrogens is 1. The summed E-state index contributed by atoms with van der Waals surface area (Å²) < 4.78 is 6.33. The first kappa shape index (κ1) is 22.8. The normalized spacial score (nSPS) is 11.7. The van der Waals surface area contributed by atoms with Crippen LogP contribution in [-0.2, 0) is 11.3 Å². The standard InChI is InChI=1S/C26H25N5O3/c1-16-17(2)30-31(26(33)21(16)12-27)15-25(32)29-13-22(18-8-10-19(34-3)11-9-18)23-14-28-24-7-5-4-6-20(23)24/h4-11,14,22,28H,13,15H2,1-3H3,(H,29,32)/t22-/m1/s1. The van der Waals surface area contributed by atoms with Crippen molar-refractivity contribution in [2.24, 2.45) is 0 Å². The second kappa shape index (κ2) is 9.63. The van der Waals surface area contributed by atoms with Crippen molar-refractivity contribution in [3.05, 3.63) is 93.0 Å². The minimum atomic E-state index is -0.566. The lowest BCUT2D eigenvalue weighted by Gasteiger charge is -2.19. The maximum Gasteiger partial charge on any atom is 0.285 e. The van der Waals surface area contributed by atoms with Crippen LogP contribution in [-0.4, -0.2) is 34.3 Å². The van der Waals surface area contributed by atoms with E-state index in [1.807, 2.05) is 60.8 Å². The third kappa shape index (κ3) is 4.41. The summed E-state index contributed by atoms with van der Waals surface area (Å²) in [4.78, 5) is 28.6. The van der Waals surface area contributed by atoms with Gasteiger partial charge in [-0.1, -0.05) is 30.3 Å². The highest BCUT2D eigenvalue weighted by Gasteiger charge is 2.20. The van der Waals surface area contributed by atoms with Gasteiger partial charge in [0.15, 0.2) is 0 Å². The summed E-state index contributed by atoms with van der Waals surface area (Å²) >= 11 is 0. The van der Waals surface area contributed by atoms with E-state index in [9.17, 15) is 14.9 Å². The summed E-state index contributed by atoms with van der Waals surface area (Å²) in [6, 6.07) is 17.7. The molecule has 1 atom stereocenters. The summed E-state index contributed by atoms with van der Waals surface area (Å²) in [7, 11) is 1.62. The third-order valence-corrected chi connectivity index (χ3v) is 6.06. The van der Waals surface area contributed by atoms with Crippen molar-refractivity contribution in [3.63, 3.8) is 0 Å². The van der Waals surface area contributed by atoms with Crippen molar-refractivity contribution in [1.29, 1.82) is 5.26 Å². The zero-order chi connectivity index (χ0) is 24.2. The number of benzene rings is 2. The van der Waals surface area contributed by atoms with Crippen molar-refractivity contribution >= 4 is 16.8 Å². The number of nitrogens with zero attached hydrogens (tertiary/aromatic N) is 3. The van der Waals surface area contributed by atoms with Crippen molar-refractivity contribution < 1.29 is 9.53 Å². The fraction of sp³-hybridized carbons (Fsp3) is 0.231. The number of hydrogen-bond donors (Lipinski definition) is 2. The number of nitriles is 1. The van der Waals surface area contributed by atoms with E-state index in [-0.39, 0.29) is 23.9 Å². The van der Waals surface area contributed by atoms with Crippen LogP contribution < -0.4 is 15.6 Å². The molecule has 0 spiro atoms. The highest BCUT2D eigenvalue weighted by atomic mass is 16.5. The number of methoxy groups -OCH3 is 1. The van der Waals surface area contributed by atoms with Crippen molar-refractivity contribution in [2.45, 2.75) is 26.3 Å². The van der Waals surface area contributed by atoms with E-state index in [4.69, 9.17) is 4.74 Å². The number of rotatable bonds is 7. The lowest BCUT2D eigenvalue weighted by atomic mass is 9.91. The number of aromatic nitrogens is 3. The fourth-order valence-corrected chi connectivity index (χ4v) is 4.04. The van der Waals surface area contributed by atoms with Gasteiger partial charge in [0, 0.05) is 29.6 Å². The van der Waals surface area contributed by atoms with E-state index >= 15 is 0 Å². The van der Waals surface area contributed by atoms with Gasteiger partial charge in [0.1, 0.15) is 23.9 Å². The number of carbonyl (C=O) groups excluding carboxylic acids is 1. The first-order chi connectivity index (χ1) is 16.4. The molecule has 8 heteroatoms. The molecule has 0 aliphatic rings. The van der Waals surface area contributed by atoms with Crippen LogP contribution in [0.15, 0.2) is 59.5 Å². The van der Waals surface area contributed by atoms with Gasteiger partial charge in [-0.25, -0.2) is 4.68 Å². The van der Waals surface area contributed by atoms with Gasteiger partial charge < -0.3 is 15.0 Å². The van der Waals surface area contributed by atoms with Crippen LogP contribution in [0.3, 0.4) is 0 Å². The Kier molecular flexibility index (Phi) is 6.46. The Morgan fingerprint density at radius 3 is 2.65 bits per heavy atom. The summed E-state index contributed by atoms with van der Waals surface area (Å²) in [6.07, 6.45) is 1.96. The topological polar surface area (TPSA) is 113 Å². The first-order valence-corrected chi connectivity index (χ1v) is 10.9. The molecule has 2 aromatic heterocycles. The molecule has 172 valence electrons. The summed E-state index contributed by atoms with van der Waals surface area (Å²) in [6.45, 7) is 3.43. The molecule has 0 saturated carbocycles. The van der Waals surface area contributed by atoms with Gasteiger partial charge in [-0.05, 0) is 48.7 Å². The molecule has 4 aromatic rings. The van der Waals surface area contributed by atoms with E-state index in [2.05, 4.69) is 15.4 Å². The van der Waals surface area contributed by atoms with E-state index in [1.54, 1.807) is 21.0 Å². The van der Waals surface area contributed by atoms with E-state index in [0.717, 1.165) is 32.5 Å². The lowest BCUT2D eigenvalue weighted by Crippen LogP contribution is -2.37. The minimum absolute atomic E-state index is 0.00945. The number of nitrogens with one attached hydrogen (secondary N) is 2. The van der Waals surface area contributed by atoms with Crippen LogP contribution in [0.5, 0.6) is 5.75 Å². The van der Waals surface area contributed by atoms with E-state index < -0.39 is 5.56 Å². The molecule has 2 heterocycles. The number of aromatic amines is 1. The molecule has 0 bridgehead atoms. The number of hydrogen-bond acceptors (Lipinski definition) is 5. The molecular formula is C26H25N5O3. The Morgan fingerprint density at radius 2 is 1.94 bits per heavy atom.